The van der Waals surface area contributed by atoms with Crippen LogP contribution in [-0.4, -0.2) is 41.3 Å². The van der Waals surface area contributed by atoms with Gasteiger partial charge in [0, 0.05) is 0 Å². The molecule has 3 heterocycles. The van der Waals surface area contributed by atoms with Crippen LogP contribution in [0.3, 0.4) is 0 Å². The van der Waals surface area contributed by atoms with E-state index in [-0.39, 0.29) is 6.54 Å². The lowest BCUT2D eigenvalue weighted by Gasteiger charge is -2.21. The van der Waals surface area contributed by atoms with Crippen LogP contribution in [0.1, 0.15) is 26.5 Å². The molecule has 5 rings (SSSR count). The molecular weight excluding hydrogens is 430 g/mol. The van der Waals surface area contributed by atoms with Crippen molar-refractivity contribution in [2.75, 3.05) is 18.6 Å². The number of benzene rings is 2. The van der Waals surface area contributed by atoms with Crippen molar-refractivity contribution in [1.82, 2.24) is 9.88 Å². The van der Waals surface area contributed by atoms with Gasteiger partial charge in [0.25, 0.3) is 11.8 Å². The van der Waals surface area contributed by atoms with E-state index in [2.05, 4.69) is 4.98 Å². The smallest absolute Gasteiger partial charge is 0.262 e. The topological polar surface area (TPSA) is 93.0 Å². The highest BCUT2D eigenvalue weighted by Gasteiger charge is 2.37. The maximum absolute atomic E-state index is 13.4. The lowest BCUT2D eigenvalue weighted by molar-refractivity contribution is -0.119. The van der Waals surface area contributed by atoms with E-state index < -0.39 is 24.3 Å². The number of carbonyl (C=O) groups excluding carboxylic acids is 3. The van der Waals surface area contributed by atoms with Gasteiger partial charge in [-0.3, -0.25) is 24.2 Å². The fourth-order valence-electron chi connectivity index (χ4n) is 3.62. The summed E-state index contributed by atoms with van der Waals surface area (Å²) in [6.07, 6.45) is 1.52. The summed E-state index contributed by atoms with van der Waals surface area (Å²) in [5.41, 5.74) is 1.23. The van der Waals surface area contributed by atoms with Crippen molar-refractivity contribution < 1.29 is 23.5 Å². The van der Waals surface area contributed by atoms with Gasteiger partial charge in [-0.1, -0.05) is 29.5 Å². The number of anilines is 1. The zero-order valence-electron chi connectivity index (χ0n) is 17.0. The summed E-state index contributed by atoms with van der Waals surface area (Å²) in [4.78, 5) is 45.8. The predicted octanol–water partition coefficient (Wildman–Crippen LogP) is 3.73. The summed E-state index contributed by atoms with van der Waals surface area (Å²) in [5, 5.41) is 0.419. The van der Waals surface area contributed by atoms with Crippen molar-refractivity contribution in [3.8, 4) is 5.75 Å². The minimum Gasteiger partial charge on any atom is -0.494 e. The molecule has 0 bridgehead atoms. The Morgan fingerprint density at radius 1 is 1.06 bits per heavy atom. The number of fused-ring (bicyclic) bond motifs is 2. The van der Waals surface area contributed by atoms with Crippen molar-refractivity contribution >= 4 is 44.4 Å². The van der Waals surface area contributed by atoms with Crippen LogP contribution in [0.15, 0.2) is 65.3 Å². The average molecular weight is 447 g/mol. The van der Waals surface area contributed by atoms with Gasteiger partial charge in [0.05, 0.1) is 35.7 Å². The van der Waals surface area contributed by atoms with Crippen LogP contribution in [0.2, 0.25) is 0 Å². The highest BCUT2D eigenvalue weighted by Crippen LogP contribution is 2.35. The molecule has 3 amide bonds. The van der Waals surface area contributed by atoms with Gasteiger partial charge in [-0.05, 0) is 36.4 Å². The fraction of sp³-hybridized carbons (Fsp3) is 0.130. The maximum Gasteiger partial charge on any atom is 0.262 e. The summed E-state index contributed by atoms with van der Waals surface area (Å²) >= 11 is 1.32. The Morgan fingerprint density at radius 3 is 2.47 bits per heavy atom. The molecule has 0 radical (unpaired) electrons. The highest BCUT2D eigenvalue weighted by atomic mass is 32.1. The normalized spacial score (nSPS) is 13.0. The highest BCUT2D eigenvalue weighted by molar-refractivity contribution is 7.22. The monoisotopic (exact) mass is 447 g/mol. The van der Waals surface area contributed by atoms with Crippen molar-refractivity contribution in [1.29, 1.82) is 0 Å². The summed E-state index contributed by atoms with van der Waals surface area (Å²) < 4.78 is 11.7. The van der Waals surface area contributed by atoms with Crippen LogP contribution in [0.25, 0.3) is 10.2 Å². The molecule has 1 aliphatic heterocycles. The Hall–Kier alpha value is -3.98. The molecule has 0 saturated carbocycles. The van der Waals surface area contributed by atoms with Crippen molar-refractivity contribution in [2.24, 2.45) is 0 Å². The van der Waals surface area contributed by atoms with Gasteiger partial charge in [-0.25, -0.2) is 4.98 Å². The first-order valence-electron chi connectivity index (χ1n) is 9.78. The van der Waals surface area contributed by atoms with Crippen LogP contribution in [0.4, 0.5) is 5.13 Å². The number of carbonyl (C=O) groups is 3. The Balaban J connectivity index is 1.48. The van der Waals surface area contributed by atoms with Gasteiger partial charge >= 0.3 is 0 Å². The molecule has 4 aromatic rings. The van der Waals surface area contributed by atoms with Crippen LogP contribution in [0, 0.1) is 0 Å². The number of rotatable bonds is 6. The number of hydrogen-bond acceptors (Lipinski definition) is 7. The molecular formula is C23H17N3O5S. The molecule has 0 fully saturated rings. The predicted molar refractivity (Wildman–Crippen MR) is 118 cm³/mol. The van der Waals surface area contributed by atoms with Gasteiger partial charge in [-0.15, -0.1) is 0 Å². The Kier molecular flexibility index (Phi) is 4.95. The number of hydrogen-bond donors (Lipinski definition) is 0. The number of furan rings is 1. The summed E-state index contributed by atoms with van der Waals surface area (Å²) in [5.74, 6) is -0.276. The van der Waals surface area contributed by atoms with Crippen LogP contribution in [-0.2, 0) is 11.3 Å². The molecule has 0 atom stereocenters. The van der Waals surface area contributed by atoms with Gasteiger partial charge in [0.15, 0.2) is 5.13 Å². The summed E-state index contributed by atoms with van der Waals surface area (Å²) in [6.45, 7) is -0.294. The van der Waals surface area contributed by atoms with E-state index in [4.69, 9.17) is 9.15 Å². The molecule has 0 N–H and O–H groups in total. The van der Waals surface area contributed by atoms with Crippen LogP contribution in [0.5, 0.6) is 5.75 Å². The molecule has 0 aliphatic carbocycles. The first-order chi connectivity index (χ1) is 15.6. The van der Waals surface area contributed by atoms with E-state index >= 15 is 0 Å². The first-order valence-corrected chi connectivity index (χ1v) is 10.6. The van der Waals surface area contributed by atoms with Crippen LogP contribution < -0.4 is 9.64 Å². The molecule has 2 aromatic heterocycles. The Morgan fingerprint density at radius 2 is 1.81 bits per heavy atom. The second kappa shape index (κ2) is 7.93. The quantitative estimate of drug-likeness (QED) is 0.418. The standard InChI is InChI=1S/C23H17N3O5S/c1-30-17-9-4-10-18-20(17)24-23(32-18)25(12-14-6-5-11-31-14)19(27)13-26-21(28)15-7-2-3-8-16(15)22(26)29/h2-11H,12-13H2,1H3. The molecule has 160 valence electrons. The van der Waals surface area contributed by atoms with E-state index in [1.807, 2.05) is 12.1 Å². The van der Waals surface area contributed by atoms with E-state index in [0.29, 0.717) is 33.3 Å². The third-order valence-corrected chi connectivity index (χ3v) is 6.23. The third kappa shape index (κ3) is 3.32. The van der Waals surface area contributed by atoms with Crippen LogP contribution >= 0.6 is 11.3 Å². The molecule has 9 heteroatoms. The number of amides is 3. The second-order valence-corrected chi connectivity index (χ2v) is 8.11. The molecule has 2 aromatic carbocycles. The van der Waals surface area contributed by atoms with E-state index in [0.717, 1.165) is 9.60 Å². The van der Waals surface area contributed by atoms with E-state index in [9.17, 15) is 14.4 Å². The third-order valence-electron chi connectivity index (χ3n) is 5.19. The van der Waals surface area contributed by atoms with Gasteiger partial charge < -0.3 is 9.15 Å². The zero-order chi connectivity index (χ0) is 22.2. The summed E-state index contributed by atoms with van der Waals surface area (Å²) in [6, 6.07) is 15.5. The number of imide groups is 1. The zero-order valence-corrected chi connectivity index (χ0v) is 17.8. The van der Waals surface area contributed by atoms with Gasteiger partial charge in [0.1, 0.15) is 23.6 Å². The van der Waals surface area contributed by atoms with Gasteiger partial charge in [0.2, 0.25) is 5.91 Å². The minimum absolute atomic E-state index is 0.108. The molecule has 0 saturated heterocycles. The van der Waals surface area contributed by atoms with E-state index in [1.54, 1.807) is 49.6 Å². The largest absolute Gasteiger partial charge is 0.494 e. The number of ether oxygens (including phenoxy) is 1. The lowest BCUT2D eigenvalue weighted by atomic mass is 10.1. The molecule has 32 heavy (non-hydrogen) atoms. The Bertz CT molecular complexity index is 1310. The number of thiazole rings is 1. The lowest BCUT2D eigenvalue weighted by Crippen LogP contribution is -2.42. The number of methoxy groups -OCH3 is 1. The molecule has 0 spiro atoms. The summed E-state index contributed by atoms with van der Waals surface area (Å²) in [7, 11) is 1.56. The van der Waals surface area contributed by atoms with Crippen molar-refractivity contribution in [3.05, 3.63) is 77.7 Å². The van der Waals surface area contributed by atoms with Crippen molar-refractivity contribution in [3.63, 3.8) is 0 Å². The van der Waals surface area contributed by atoms with E-state index in [1.165, 1.54) is 22.5 Å². The van der Waals surface area contributed by atoms with Gasteiger partial charge in [-0.2, -0.15) is 0 Å². The number of para-hydroxylation sites is 1. The SMILES string of the molecule is COc1cccc2sc(N(Cc3ccco3)C(=O)CN3C(=O)c4ccccc4C3=O)nc12. The fourth-order valence-corrected chi connectivity index (χ4v) is 4.62. The Labute approximate surface area is 186 Å². The maximum atomic E-state index is 13.4. The minimum atomic E-state index is -0.483. The van der Waals surface area contributed by atoms with Crippen molar-refractivity contribution in [2.45, 2.75) is 6.54 Å². The average Bonchev–Trinajstić information content (AvgIpc) is 3.53. The number of aromatic nitrogens is 1. The first kappa shape index (κ1) is 20.0. The molecule has 8 nitrogen and oxygen atoms in total. The number of nitrogens with zero attached hydrogens (tertiary/aromatic N) is 3. The second-order valence-electron chi connectivity index (χ2n) is 7.10. The molecule has 0 unspecified atom stereocenters. The molecule has 1 aliphatic rings.